The van der Waals surface area contributed by atoms with Crippen molar-refractivity contribution in [2.45, 2.75) is 37.6 Å². The van der Waals surface area contributed by atoms with Crippen molar-refractivity contribution < 1.29 is 13.2 Å². The second-order valence-electron chi connectivity index (χ2n) is 5.81. The van der Waals surface area contributed by atoms with Crippen molar-refractivity contribution in [1.82, 2.24) is 9.62 Å². The van der Waals surface area contributed by atoms with Crippen LogP contribution < -0.4 is 4.72 Å². The highest BCUT2D eigenvalue weighted by molar-refractivity contribution is 7.89. The Morgan fingerprint density at radius 1 is 1.23 bits per heavy atom. The van der Waals surface area contributed by atoms with Crippen LogP contribution in [0.3, 0.4) is 0 Å². The summed E-state index contributed by atoms with van der Waals surface area (Å²) in [5, 5.41) is 0.145. The highest BCUT2D eigenvalue weighted by Crippen LogP contribution is 2.22. The number of amides is 1. The van der Waals surface area contributed by atoms with Gasteiger partial charge < -0.3 is 4.90 Å². The molecule has 0 spiro atoms. The molecule has 122 valence electrons. The molecule has 7 heteroatoms. The number of likely N-dealkylation sites (tertiary alicyclic amines) is 1. The lowest BCUT2D eigenvalue weighted by Crippen LogP contribution is -2.50. The first-order chi connectivity index (χ1) is 10.3. The van der Waals surface area contributed by atoms with E-state index in [-0.39, 0.29) is 21.7 Å². The summed E-state index contributed by atoms with van der Waals surface area (Å²) in [4.78, 5) is 14.3. The van der Waals surface area contributed by atoms with Crippen LogP contribution in [0, 0.1) is 5.92 Å². The highest BCUT2D eigenvalue weighted by atomic mass is 35.5. The van der Waals surface area contributed by atoms with Gasteiger partial charge >= 0.3 is 0 Å². The molecule has 1 amide bonds. The molecule has 1 fully saturated rings. The van der Waals surface area contributed by atoms with Crippen LogP contribution in [0.1, 0.15) is 26.7 Å². The Morgan fingerprint density at radius 3 is 2.36 bits per heavy atom. The molecule has 0 bridgehead atoms. The molecule has 1 atom stereocenters. The summed E-state index contributed by atoms with van der Waals surface area (Å²) in [5.41, 5.74) is 0. The Kier molecular flexibility index (Phi) is 5.47. The van der Waals surface area contributed by atoms with E-state index in [0.717, 1.165) is 12.8 Å². The average Bonchev–Trinajstić information content (AvgIpc) is 2.98. The van der Waals surface area contributed by atoms with Gasteiger partial charge in [-0.3, -0.25) is 4.79 Å². The number of hydrogen-bond acceptors (Lipinski definition) is 3. The first kappa shape index (κ1) is 17.2. The van der Waals surface area contributed by atoms with Gasteiger partial charge in [0.05, 0.1) is 5.02 Å². The van der Waals surface area contributed by atoms with Gasteiger partial charge in [0.2, 0.25) is 15.9 Å². The third kappa shape index (κ3) is 3.80. The molecule has 22 heavy (non-hydrogen) atoms. The van der Waals surface area contributed by atoms with Crippen LogP contribution in [0.15, 0.2) is 29.2 Å². The Hall–Kier alpha value is -1.11. The van der Waals surface area contributed by atoms with Crippen molar-refractivity contribution in [1.29, 1.82) is 0 Å². The lowest BCUT2D eigenvalue weighted by Gasteiger charge is -2.26. The predicted octanol–water partition coefficient (Wildman–Crippen LogP) is 2.27. The van der Waals surface area contributed by atoms with E-state index >= 15 is 0 Å². The van der Waals surface area contributed by atoms with Crippen molar-refractivity contribution in [3.05, 3.63) is 29.3 Å². The quantitative estimate of drug-likeness (QED) is 0.891. The maximum atomic E-state index is 12.5. The van der Waals surface area contributed by atoms with Crippen LogP contribution >= 0.6 is 11.6 Å². The van der Waals surface area contributed by atoms with Crippen molar-refractivity contribution in [2.24, 2.45) is 5.92 Å². The van der Waals surface area contributed by atoms with E-state index in [4.69, 9.17) is 11.6 Å². The zero-order valence-electron chi connectivity index (χ0n) is 12.8. The maximum Gasteiger partial charge on any atom is 0.242 e. The molecular formula is C15H21ClN2O3S. The summed E-state index contributed by atoms with van der Waals surface area (Å²) in [6.07, 6.45) is 1.93. The van der Waals surface area contributed by atoms with Crippen LogP contribution in [0.25, 0.3) is 0 Å². The number of rotatable bonds is 5. The van der Waals surface area contributed by atoms with E-state index in [9.17, 15) is 13.2 Å². The fourth-order valence-corrected chi connectivity index (χ4v) is 4.36. The van der Waals surface area contributed by atoms with Crippen molar-refractivity contribution >= 4 is 27.5 Å². The van der Waals surface area contributed by atoms with Crippen LogP contribution in [-0.2, 0) is 14.8 Å². The SMILES string of the molecule is CC(C)[C@H](NS(=O)(=O)c1ccccc1Cl)C(=O)N1CCCC1. The van der Waals surface area contributed by atoms with Gasteiger partial charge in [-0.05, 0) is 30.9 Å². The van der Waals surface area contributed by atoms with E-state index in [1.165, 1.54) is 12.1 Å². The third-order valence-electron chi connectivity index (χ3n) is 3.76. The summed E-state index contributed by atoms with van der Waals surface area (Å²) in [7, 11) is -3.84. The first-order valence-electron chi connectivity index (χ1n) is 7.38. The smallest absolute Gasteiger partial charge is 0.242 e. The second-order valence-corrected chi connectivity index (χ2v) is 7.90. The fourth-order valence-electron chi connectivity index (χ4n) is 2.50. The van der Waals surface area contributed by atoms with E-state index < -0.39 is 16.1 Å². The van der Waals surface area contributed by atoms with Gasteiger partial charge in [-0.2, -0.15) is 4.72 Å². The molecule has 1 aromatic carbocycles. The van der Waals surface area contributed by atoms with Gasteiger partial charge in [0.1, 0.15) is 10.9 Å². The monoisotopic (exact) mass is 344 g/mol. The zero-order valence-corrected chi connectivity index (χ0v) is 14.3. The highest BCUT2D eigenvalue weighted by Gasteiger charge is 2.33. The second kappa shape index (κ2) is 6.98. The molecule has 1 aliphatic heterocycles. The minimum absolute atomic E-state index is 0.00320. The largest absolute Gasteiger partial charge is 0.341 e. The Bertz CT molecular complexity index is 640. The molecule has 0 aromatic heterocycles. The molecule has 0 unspecified atom stereocenters. The van der Waals surface area contributed by atoms with Gasteiger partial charge in [0.15, 0.2) is 0 Å². The summed E-state index contributed by atoms with van der Waals surface area (Å²) in [6.45, 7) is 5.03. The standard InChI is InChI=1S/C15H21ClN2O3S/c1-11(2)14(15(19)18-9-5-6-10-18)17-22(20,21)13-8-4-3-7-12(13)16/h3-4,7-8,11,14,17H,5-6,9-10H2,1-2H3/t14-/m0/s1. The predicted molar refractivity (Wildman–Crippen MR) is 86.2 cm³/mol. The first-order valence-corrected chi connectivity index (χ1v) is 9.24. The number of benzene rings is 1. The van der Waals surface area contributed by atoms with Crippen LogP contribution in [0.2, 0.25) is 5.02 Å². The lowest BCUT2D eigenvalue weighted by molar-refractivity contribution is -0.132. The number of sulfonamides is 1. The van der Waals surface area contributed by atoms with Gasteiger partial charge in [-0.15, -0.1) is 0 Å². The molecule has 1 aromatic rings. The van der Waals surface area contributed by atoms with Crippen LogP contribution in [0.4, 0.5) is 0 Å². The minimum atomic E-state index is -3.84. The molecular weight excluding hydrogens is 324 g/mol. The molecule has 0 radical (unpaired) electrons. The summed E-state index contributed by atoms with van der Waals surface area (Å²) < 4.78 is 27.6. The van der Waals surface area contributed by atoms with Gasteiger partial charge in [-0.1, -0.05) is 37.6 Å². The number of nitrogens with zero attached hydrogens (tertiary/aromatic N) is 1. The van der Waals surface area contributed by atoms with Crippen LogP contribution in [0.5, 0.6) is 0 Å². The van der Waals surface area contributed by atoms with Crippen LogP contribution in [-0.4, -0.2) is 38.4 Å². The van der Waals surface area contributed by atoms with Gasteiger partial charge in [0.25, 0.3) is 0 Å². The normalized spacial score (nSPS) is 17.0. The lowest BCUT2D eigenvalue weighted by atomic mass is 10.0. The van der Waals surface area contributed by atoms with Gasteiger partial charge in [0, 0.05) is 13.1 Å². The molecule has 1 aliphatic rings. The zero-order chi connectivity index (χ0) is 16.3. The topological polar surface area (TPSA) is 66.5 Å². The average molecular weight is 345 g/mol. The van der Waals surface area contributed by atoms with E-state index in [0.29, 0.717) is 13.1 Å². The molecule has 1 heterocycles. The Labute approximate surface area is 136 Å². The van der Waals surface area contributed by atoms with Gasteiger partial charge in [-0.25, -0.2) is 8.42 Å². The Balaban J connectivity index is 2.24. The fraction of sp³-hybridized carbons (Fsp3) is 0.533. The van der Waals surface area contributed by atoms with Crippen molar-refractivity contribution in [3.63, 3.8) is 0 Å². The number of nitrogens with one attached hydrogen (secondary N) is 1. The number of hydrogen-bond donors (Lipinski definition) is 1. The molecule has 2 rings (SSSR count). The molecule has 1 saturated heterocycles. The Morgan fingerprint density at radius 2 is 1.82 bits per heavy atom. The molecule has 5 nitrogen and oxygen atoms in total. The summed E-state index contributed by atoms with van der Waals surface area (Å²) in [5.74, 6) is -0.312. The molecule has 1 N–H and O–H groups in total. The number of carbonyl (C=O) groups is 1. The summed E-state index contributed by atoms with van der Waals surface area (Å²) in [6, 6.07) is 5.44. The summed E-state index contributed by atoms with van der Waals surface area (Å²) >= 11 is 5.96. The van der Waals surface area contributed by atoms with E-state index in [1.54, 1.807) is 17.0 Å². The number of halogens is 1. The molecule has 0 aliphatic carbocycles. The molecule has 0 saturated carbocycles. The minimum Gasteiger partial charge on any atom is -0.341 e. The van der Waals surface area contributed by atoms with Crippen molar-refractivity contribution in [3.8, 4) is 0 Å². The third-order valence-corrected chi connectivity index (χ3v) is 5.70. The van der Waals surface area contributed by atoms with Crippen molar-refractivity contribution in [2.75, 3.05) is 13.1 Å². The van der Waals surface area contributed by atoms with E-state index in [2.05, 4.69) is 4.72 Å². The number of carbonyl (C=O) groups excluding carboxylic acids is 1. The van der Waals surface area contributed by atoms with E-state index in [1.807, 2.05) is 13.8 Å². The maximum absolute atomic E-state index is 12.5.